The number of hydrogen-bond donors (Lipinski definition) is 2. The monoisotopic (exact) mass is 368 g/mol. The molecular weight excluding hydrogens is 348 g/mol. The maximum absolute atomic E-state index is 12.7. The van der Waals surface area contributed by atoms with Gasteiger partial charge in [-0.15, -0.1) is 0 Å². The number of halogens is 1. The number of nitrogens with one attached hydrogen (secondary N) is 2. The lowest BCUT2D eigenvalue weighted by molar-refractivity contribution is -0.132. The fourth-order valence-electron chi connectivity index (χ4n) is 3.10. The summed E-state index contributed by atoms with van der Waals surface area (Å²) in [5.41, 5.74) is 1.60. The van der Waals surface area contributed by atoms with Crippen LogP contribution in [0.1, 0.15) is 18.4 Å². The van der Waals surface area contributed by atoms with E-state index in [1.807, 2.05) is 48.6 Å². The van der Waals surface area contributed by atoms with Gasteiger partial charge in [-0.25, -0.2) is 0 Å². The molecule has 134 valence electrons. The van der Waals surface area contributed by atoms with Crippen molar-refractivity contribution in [2.45, 2.75) is 19.4 Å². The van der Waals surface area contributed by atoms with Crippen LogP contribution in [-0.2, 0) is 16.1 Å². The second-order valence-electron chi connectivity index (χ2n) is 6.33. The predicted octanol–water partition coefficient (Wildman–Crippen LogP) is 4.18. The highest BCUT2D eigenvalue weighted by Crippen LogP contribution is 2.29. The number of anilines is 1. The molecule has 2 amide bonds. The molecule has 5 heteroatoms. The molecule has 0 heterocycles. The minimum Gasteiger partial charge on any atom is -0.352 e. The lowest BCUT2D eigenvalue weighted by atomic mass is 9.81. The minimum atomic E-state index is -0.410. The highest BCUT2D eigenvalue weighted by molar-refractivity contribution is 6.33. The van der Waals surface area contributed by atoms with Crippen LogP contribution in [0.15, 0.2) is 66.7 Å². The Hall–Kier alpha value is -2.59. The highest BCUT2D eigenvalue weighted by atomic mass is 35.5. The van der Waals surface area contributed by atoms with Gasteiger partial charge < -0.3 is 10.6 Å². The summed E-state index contributed by atoms with van der Waals surface area (Å²) in [7, 11) is 0. The molecular formula is C21H21ClN2O2. The van der Waals surface area contributed by atoms with E-state index in [0.29, 0.717) is 30.1 Å². The number of benzene rings is 2. The van der Waals surface area contributed by atoms with Crippen LogP contribution >= 0.6 is 11.6 Å². The van der Waals surface area contributed by atoms with Crippen molar-refractivity contribution >= 4 is 29.1 Å². The van der Waals surface area contributed by atoms with E-state index >= 15 is 0 Å². The van der Waals surface area contributed by atoms with Crippen molar-refractivity contribution in [2.24, 2.45) is 11.8 Å². The molecule has 3 rings (SSSR count). The Bertz CT molecular complexity index is 805. The fourth-order valence-corrected chi connectivity index (χ4v) is 3.28. The second kappa shape index (κ2) is 8.68. The van der Waals surface area contributed by atoms with Crippen LogP contribution in [0.5, 0.6) is 0 Å². The maximum Gasteiger partial charge on any atom is 0.228 e. The molecule has 2 unspecified atom stereocenters. The summed E-state index contributed by atoms with van der Waals surface area (Å²) >= 11 is 6.12. The summed E-state index contributed by atoms with van der Waals surface area (Å²) < 4.78 is 0. The number of allylic oxidation sites excluding steroid dienone is 2. The molecule has 2 atom stereocenters. The van der Waals surface area contributed by atoms with Gasteiger partial charge in [-0.1, -0.05) is 66.2 Å². The number of para-hydroxylation sites is 1. The molecule has 0 bridgehead atoms. The van der Waals surface area contributed by atoms with Gasteiger partial charge in [-0.3, -0.25) is 9.59 Å². The minimum absolute atomic E-state index is 0.0995. The Morgan fingerprint density at radius 2 is 1.50 bits per heavy atom. The van der Waals surface area contributed by atoms with Crippen molar-refractivity contribution in [3.05, 3.63) is 77.3 Å². The Labute approximate surface area is 158 Å². The summed E-state index contributed by atoms with van der Waals surface area (Å²) in [6.07, 6.45) is 5.02. The largest absolute Gasteiger partial charge is 0.352 e. The first-order valence-electron chi connectivity index (χ1n) is 8.67. The smallest absolute Gasteiger partial charge is 0.228 e. The van der Waals surface area contributed by atoms with Crippen LogP contribution < -0.4 is 10.6 Å². The van der Waals surface area contributed by atoms with Crippen molar-refractivity contribution in [3.63, 3.8) is 0 Å². The van der Waals surface area contributed by atoms with E-state index in [-0.39, 0.29) is 17.7 Å². The Morgan fingerprint density at radius 3 is 2.19 bits per heavy atom. The van der Waals surface area contributed by atoms with Crippen LogP contribution in [-0.4, -0.2) is 11.8 Å². The van der Waals surface area contributed by atoms with Crippen molar-refractivity contribution in [1.29, 1.82) is 0 Å². The number of carbonyl (C=O) groups excluding carboxylic acids is 2. The average molecular weight is 369 g/mol. The SMILES string of the molecule is O=C(NCc1ccccc1)C1CC=CCC1C(=O)Nc1ccccc1Cl. The lowest BCUT2D eigenvalue weighted by Gasteiger charge is -2.27. The first-order valence-corrected chi connectivity index (χ1v) is 9.05. The molecule has 2 aromatic carbocycles. The molecule has 26 heavy (non-hydrogen) atoms. The van der Waals surface area contributed by atoms with Gasteiger partial charge in [0.25, 0.3) is 0 Å². The standard InChI is InChI=1S/C21H21ClN2O2/c22-18-12-6-7-13-19(18)24-21(26)17-11-5-4-10-16(17)20(25)23-14-15-8-2-1-3-9-15/h1-9,12-13,16-17H,10-11,14H2,(H,23,25)(H,24,26). The van der Waals surface area contributed by atoms with E-state index in [1.165, 1.54) is 0 Å². The number of rotatable bonds is 5. The van der Waals surface area contributed by atoms with Crippen LogP contribution in [0.4, 0.5) is 5.69 Å². The van der Waals surface area contributed by atoms with Crippen LogP contribution in [0, 0.1) is 11.8 Å². The molecule has 0 radical (unpaired) electrons. The van der Waals surface area contributed by atoms with Gasteiger partial charge in [0, 0.05) is 6.54 Å². The molecule has 0 aromatic heterocycles. The number of carbonyl (C=O) groups is 2. The third kappa shape index (κ3) is 4.52. The van der Waals surface area contributed by atoms with Gasteiger partial charge in [-0.05, 0) is 30.5 Å². The summed E-state index contributed by atoms with van der Waals surface area (Å²) in [4.78, 5) is 25.4. The van der Waals surface area contributed by atoms with Crippen LogP contribution in [0.2, 0.25) is 5.02 Å². The van der Waals surface area contributed by atoms with Crippen molar-refractivity contribution in [1.82, 2.24) is 5.32 Å². The molecule has 2 N–H and O–H groups in total. The molecule has 2 aromatic rings. The zero-order valence-electron chi connectivity index (χ0n) is 14.3. The maximum atomic E-state index is 12.7. The first-order chi connectivity index (χ1) is 12.6. The molecule has 0 spiro atoms. The number of hydrogen-bond acceptors (Lipinski definition) is 2. The van der Waals surface area contributed by atoms with Crippen LogP contribution in [0.3, 0.4) is 0 Å². The van der Waals surface area contributed by atoms with Gasteiger partial charge in [0.2, 0.25) is 11.8 Å². The summed E-state index contributed by atoms with van der Waals surface area (Å²) in [6, 6.07) is 16.8. The number of amides is 2. The second-order valence-corrected chi connectivity index (χ2v) is 6.74. The Kier molecular flexibility index (Phi) is 6.08. The van der Waals surface area contributed by atoms with Crippen molar-refractivity contribution in [2.75, 3.05) is 5.32 Å². The van der Waals surface area contributed by atoms with Gasteiger partial charge >= 0.3 is 0 Å². The average Bonchev–Trinajstić information content (AvgIpc) is 2.68. The van der Waals surface area contributed by atoms with E-state index < -0.39 is 5.92 Å². The first kappa shape index (κ1) is 18.2. The fraction of sp³-hybridized carbons (Fsp3) is 0.238. The van der Waals surface area contributed by atoms with E-state index in [9.17, 15) is 9.59 Å². The molecule has 0 aliphatic heterocycles. The van der Waals surface area contributed by atoms with Gasteiger partial charge in [0.05, 0.1) is 22.5 Å². The molecule has 0 fully saturated rings. The zero-order valence-corrected chi connectivity index (χ0v) is 15.1. The van der Waals surface area contributed by atoms with E-state index in [1.54, 1.807) is 18.2 Å². The third-order valence-electron chi connectivity index (χ3n) is 4.55. The summed E-state index contributed by atoms with van der Waals surface area (Å²) in [6.45, 7) is 0.457. The van der Waals surface area contributed by atoms with E-state index in [4.69, 9.17) is 11.6 Å². The molecule has 1 aliphatic rings. The van der Waals surface area contributed by atoms with Gasteiger partial charge in [0.15, 0.2) is 0 Å². The molecule has 0 saturated heterocycles. The normalized spacial score (nSPS) is 19.0. The molecule has 1 aliphatic carbocycles. The highest BCUT2D eigenvalue weighted by Gasteiger charge is 2.34. The Balaban J connectivity index is 1.65. The zero-order chi connectivity index (χ0) is 18.4. The predicted molar refractivity (Wildman–Crippen MR) is 104 cm³/mol. The quantitative estimate of drug-likeness (QED) is 0.778. The van der Waals surface area contributed by atoms with Crippen molar-refractivity contribution in [3.8, 4) is 0 Å². The van der Waals surface area contributed by atoms with Crippen LogP contribution in [0.25, 0.3) is 0 Å². The summed E-state index contributed by atoms with van der Waals surface area (Å²) in [5.74, 6) is -1.07. The lowest BCUT2D eigenvalue weighted by Crippen LogP contribution is -2.40. The van der Waals surface area contributed by atoms with Gasteiger partial charge in [-0.2, -0.15) is 0 Å². The Morgan fingerprint density at radius 1 is 0.885 bits per heavy atom. The molecule has 0 saturated carbocycles. The van der Waals surface area contributed by atoms with E-state index in [0.717, 1.165) is 5.56 Å². The molecule has 4 nitrogen and oxygen atoms in total. The topological polar surface area (TPSA) is 58.2 Å². The van der Waals surface area contributed by atoms with Gasteiger partial charge in [0.1, 0.15) is 0 Å². The van der Waals surface area contributed by atoms with E-state index in [2.05, 4.69) is 10.6 Å². The van der Waals surface area contributed by atoms with Crippen molar-refractivity contribution < 1.29 is 9.59 Å². The summed E-state index contributed by atoms with van der Waals surface area (Å²) in [5, 5.41) is 6.29. The third-order valence-corrected chi connectivity index (χ3v) is 4.88.